The van der Waals surface area contributed by atoms with Gasteiger partial charge in [0.1, 0.15) is 0 Å². The minimum absolute atomic E-state index is 0.0898. The van der Waals surface area contributed by atoms with E-state index in [4.69, 9.17) is 5.11 Å². The molecular formula is C16H13NO3. The van der Waals surface area contributed by atoms with Crippen LogP contribution in [0.4, 0.5) is 0 Å². The molecule has 4 nitrogen and oxygen atoms in total. The predicted octanol–water partition coefficient (Wildman–Crippen LogP) is 2.60. The highest BCUT2D eigenvalue weighted by molar-refractivity contribution is 6.06. The van der Waals surface area contributed by atoms with Crippen molar-refractivity contribution in [3.05, 3.63) is 71.6 Å². The van der Waals surface area contributed by atoms with Gasteiger partial charge in [-0.1, -0.05) is 24.3 Å². The number of hydrogen-bond acceptors (Lipinski definition) is 3. The van der Waals surface area contributed by atoms with Crippen LogP contribution in [-0.2, 0) is 11.2 Å². The summed E-state index contributed by atoms with van der Waals surface area (Å²) in [5.41, 5.74) is 1.92. The van der Waals surface area contributed by atoms with Gasteiger partial charge in [0.05, 0.1) is 6.42 Å². The summed E-state index contributed by atoms with van der Waals surface area (Å²) in [5, 5.41) is 8.74. The Hall–Kier alpha value is -2.75. The molecule has 0 saturated heterocycles. The van der Waals surface area contributed by atoms with Gasteiger partial charge in [0, 0.05) is 18.0 Å². The highest BCUT2D eigenvalue weighted by Gasteiger charge is 2.05. The van der Waals surface area contributed by atoms with Crippen molar-refractivity contribution in [1.29, 1.82) is 0 Å². The van der Waals surface area contributed by atoms with Crippen molar-refractivity contribution in [2.75, 3.05) is 0 Å². The van der Waals surface area contributed by atoms with Gasteiger partial charge in [0.15, 0.2) is 5.78 Å². The number of benzene rings is 1. The van der Waals surface area contributed by atoms with Gasteiger partial charge in [-0.05, 0) is 35.4 Å². The molecular weight excluding hydrogens is 254 g/mol. The number of carbonyl (C=O) groups excluding carboxylic acids is 1. The zero-order chi connectivity index (χ0) is 14.4. The molecule has 2 rings (SSSR count). The Labute approximate surface area is 116 Å². The largest absolute Gasteiger partial charge is 0.481 e. The van der Waals surface area contributed by atoms with E-state index in [1.165, 1.54) is 6.08 Å². The van der Waals surface area contributed by atoms with E-state index in [2.05, 4.69) is 4.98 Å². The smallest absolute Gasteiger partial charge is 0.307 e. The Bertz CT molecular complexity index is 648. The number of aliphatic carboxylic acids is 1. The van der Waals surface area contributed by atoms with Crippen LogP contribution in [0.1, 0.15) is 21.5 Å². The van der Waals surface area contributed by atoms with Crippen molar-refractivity contribution in [2.24, 2.45) is 0 Å². The summed E-state index contributed by atoms with van der Waals surface area (Å²) in [6, 6.07) is 10.3. The maximum absolute atomic E-state index is 12.0. The van der Waals surface area contributed by atoms with E-state index in [0.29, 0.717) is 11.1 Å². The van der Waals surface area contributed by atoms with E-state index in [1.807, 2.05) is 6.07 Å². The first-order valence-electron chi connectivity index (χ1n) is 6.08. The standard InChI is InChI=1S/C16H13NO3/c18-15(7-6-12-4-2-8-17-11-12)14-5-1-3-13(9-14)10-16(19)20/h1-9,11H,10H2,(H,19,20). The molecule has 0 spiro atoms. The van der Waals surface area contributed by atoms with Crippen molar-refractivity contribution in [1.82, 2.24) is 4.98 Å². The molecule has 20 heavy (non-hydrogen) atoms. The summed E-state index contributed by atoms with van der Waals surface area (Å²) in [5.74, 6) is -1.08. The number of carboxylic acids is 1. The summed E-state index contributed by atoms with van der Waals surface area (Å²) < 4.78 is 0. The normalized spacial score (nSPS) is 10.6. The monoisotopic (exact) mass is 267 g/mol. The molecule has 100 valence electrons. The highest BCUT2D eigenvalue weighted by Crippen LogP contribution is 2.09. The summed E-state index contributed by atoms with van der Waals surface area (Å²) in [6.45, 7) is 0. The molecule has 1 heterocycles. The van der Waals surface area contributed by atoms with Crippen LogP contribution in [0.5, 0.6) is 0 Å². The van der Waals surface area contributed by atoms with Gasteiger partial charge in [-0.2, -0.15) is 0 Å². The summed E-state index contributed by atoms with van der Waals surface area (Å²) in [6.07, 6.45) is 6.36. The van der Waals surface area contributed by atoms with Crippen LogP contribution in [0, 0.1) is 0 Å². The molecule has 4 heteroatoms. The zero-order valence-electron chi connectivity index (χ0n) is 10.7. The highest BCUT2D eigenvalue weighted by atomic mass is 16.4. The second-order valence-corrected chi connectivity index (χ2v) is 4.25. The lowest BCUT2D eigenvalue weighted by molar-refractivity contribution is -0.136. The van der Waals surface area contributed by atoms with Gasteiger partial charge in [0.2, 0.25) is 0 Å². The van der Waals surface area contributed by atoms with Crippen LogP contribution in [-0.4, -0.2) is 21.8 Å². The Kier molecular flexibility index (Phi) is 4.39. The quantitative estimate of drug-likeness (QED) is 0.668. The number of carboxylic acid groups (broad SMARTS) is 1. The van der Waals surface area contributed by atoms with Crippen molar-refractivity contribution >= 4 is 17.8 Å². The number of nitrogens with zero attached hydrogens (tertiary/aromatic N) is 1. The SMILES string of the molecule is O=C(O)Cc1cccc(C(=O)C=Cc2cccnc2)c1. The van der Waals surface area contributed by atoms with E-state index in [9.17, 15) is 9.59 Å². The van der Waals surface area contributed by atoms with Gasteiger partial charge in [-0.15, -0.1) is 0 Å². The first-order valence-corrected chi connectivity index (χ1v) is 6.08. The van der Waals surface area contributed by atoms with Crippen LogP contribution < -0.4 is 0 Å². The molecule has 0 radical (unpaired) electrons. The average Bonchev–Trinajstić information content (AvgIpc) is 2.45. The first-order chi connectivity index (χ1) is 9.65. The fourth-order valence-corrected chi connectivity index (χ4v) is 1.75. The van der Waals surface area contributed by atoms with Crippen LogP contribution >= 0.6 is 0 Å². The van der Waals surface area contributed by atoms with Crippen molar-refractivity contribution in [3.63, 3.8) is 0 Å². The van der Waals surface area contributed by atoms with Gasteiger partial charge >= 0.3 is 5.97 Å². The molecule has 0 saturated carbocycles. The van der Waals surface area contributed by atoms with Crippen molar-refractivity contribution in [3.8, 4) is 0 Å². The number of hydrogen-bond donors (Lipinski definition) is 1. The van der Waals surface area contributed by atoms with Crippen molar-refractivity contribution in [2.45, 2.75) is 6.42 Å². The molecule has 0 unspecified atom stereocenters. The molecule has 0 bridgehead atoms. The predicted molar refractivity (Wildman–Crippen MR) is 75.4 cm³/mol. The fraction of sp³-hybridized carbons (Fsp3) is 0.0625. The van der Waals surface area contributed by atoms with E-state index in [1.54, 1.807) is 48.8 Å². The van der Waals surface area contributed by atoms with Crippen LogP contribution in [0.15, 0.2) is 54.9 Å². The third-order valence-corrected chi connectivity index (χ3v) is 2.68. The van der Waals surface area contributed by atoms with E-state index in [0.717, 1.165) is 5.56 Å². The molecule has 0 aliphatic rings. The molecule has 1 aromatic carbocycles. The molecule has 1 aromatic heterocycles. The van der Waals surface area contributed by atoms with E-state index >= 15 is 0 Å². The van der Waals surface area contributed by atoms with Crippen molar-refractivity contribution < 1.29 is 14.7 Å². The summed E-state index contributed by atoms with van der Waals surface area (Å²) in [7, 11) is 0. The lowest BCUT2D eigenvalue weighted by atomic mass is 10.0. The Balaban J connectivity index is 2.13. The van der Waals surface area contributed by atoms with E-state index in [-0.39, 0.29) is 12.2 Å². The first kappa shape index (κ1) is 13.7. The topological polar surface area (TPSA) is 67.3 Å². The average molecular weight is 267 g/mol. The molecule has 0 aliphatic heterocycles. The summed E-state index contributed by atoms with van der Waals surface area (Å²) in [4.78, 5) is 26.6. The third kappa shape index (κ3) is 3.88. The molecule has 0 aliphatic carbocycles. The lowest BCUT2D eigenvalue weighted by Gasteiger charge is -2.00. The summed E-state index contributed by atoms with van der Waals surface area (Å²) >= 11 is 0. The Morgan fingerprint density at radius 1 is 1.20 bits per heavy atom. The second kappa shape index (κ2) is 6.43. The molecule has 2 aromatic rings. The minimum Gasteiger partial charge on any atom is -0.481 e. The number of pyridine rings is 1. The van der Waals surface area contributed by atoms with Gasteiger partial charge in [-0.25, -0.2) is 0 Å². The maximum atomic E-state index is 12.0. The van der Waals surface area contributed by atoms with E-state index < -0.39 is 5.97 Å². The number of allylic oxidation sites excluding steroid dienone is 1. The number of ketones is 1. The number of aromatic nitrogens is 1. The third-order valence-electron chi connectivity index (χ3n) is 2.68. The van der Waals surface area contributed by atoms with Gasteiger partial charge < -0.3 is 5.11 Å². The minimum atomic E-state index is -0.916. The molecule has 0 atom stereocenters. The number of carbonyl (C=O) groups is 2. The fourth-order valence-electron chi connectivity index (χ4n) is 1.75. The van der Waals surface area contributed by atoms with Gasteiger partial charge in [-0.3, -0.25) is 14.6 Å². The second-order valence-electron chi connectivity index (χ2n) is 4.25. The Morgan fingerprint density at radius 2 is 2.05 bits per heavy atom. The van der Waals surface area contributed by atoms with Gasteiger partial charge in [0.25, 0.3) is 0 Å². The van der Waals surface area contributed by atoms with Crippen LogP contribution in [0.25, 0.3) is 6.08 Å². The lowest BCUT2D eigenvalue weighted by Crippen LogP contribution is -2.02. The van der Waals surface area contributed by atoms with Crippen LogP contribution in [0.2, 0.25) is 0 Å². The zero-order valence-corrected chi connectivity index (χ0v) is 10.7. The maximum Gasteiger partial charge on any atom is 0.307 e. The molecule has 0 fully saturated rings. The Morgan fingerprint density at radius 3 is 2.75 bits per heavy atom. The van der Waals surface area contributed by atoms with Crippen LogP contribution in [0.3, 0.4) is 0 Å². The molecule has 1 N–H and O–H groups in total. The number of rotatable bonds is 5. The molecule has 0 amide bonds.